The van der Waals surface area contributed by atoms with E-state index >= 15 is 0 Å². The van der Waals surface area contributed by atoms with Crippen molar-refractivity contribution in [1.82, 2.24) is 15.5 Å². The van der Waals surface area contributed by atoms with Gasteiger partial charge in [0.25, 0.3) is 0 Å². The molecular weight excluding hydrogens is 450 g/mol. The number of rotatable bonds is 10. The number of benzene rings is 1. The smallest absolute Gasteiger partial charge is 0.408 e. The quantitative estimate of drug-likeness (QED) is 0.333. The minimum Gasteiger partial charge on any atom is -0.444 e. The number of carbonyl (C=O) groups is 3. The molecule has 1 aliphatic rings. The first-order valence-electron chi connectivity index (χ1n) is 12.3. The lowest BCUT2D eigenvalue weighted by Crippen LogP contribution is -2.58. The lowest BCUT2D eigenvalue weighted by molar-refractivity contribution is -0.147. The number of hydrogen-bond donors (Lipinski definition) is 3. The Morgan fingerprint density at radius 1 is 1.18 bits per heavy atom. The highest BCUT2D eigenvalue weighted by Crippen LogP contribution is 2.36. The number of amides is 3. The Hall–Kier alpha value is -2.22. The predicted octanol–water partition coefficient (Wildman–Crippen LogP) is 4.47. The molecule has 0 bridgehead atoms. The zero-order valence-electron chi connectivity index (χ0n) is 21.4. The number of unbranched alkanes of at least 4 members (excludes halogenated alkanes) is 1. The third-order valence-corrected chi connectivity index (χ3v) is 6.43. The summed E-state index contributed by atoms with van der Waals surface area (Å²) in [5.74, 6) is -0.414. The van der Waals surface area contributed by atoms with Gasteiger partial charge in [0.05, 0.1) is 0 Å². The van der Waals surface area contributed by atoms with Crippen LogP contribution in [0.4, 0.5) is 4.79 Å². The van der Waals surface area contributed by atoms with Gasteiger partial charge < -0.3 is 20.3 Å². The molecule has 2 atom stereocenters. The minimum atomic E-state index is -0.908. The zero-order valence-corrected chi connectivity index (χ0v) is 22.3. The van der Waals surface area contributed by atoms with Gasteiger partial charge in [-0.05, 0) is 77.0 Å². The Morgan fingerprint density at radius 2 is 1.79 bits per heavy atom. The van der Waals surface area contributed by atoms with Gasteiger partial charge in [-0.15, -0.1) is 0 Å². The topological polar surface area (TPSA) is 87.7 Å². The summed E-state index contributed by atoms with van der Waals surface area (Å²) in [6.45, 7) is 11.8. The van der Waals surface area contributed by atoms with E-state index in [0.717, 1.165) is 48.8 Å². The standard InChI is InChI=1S/C26H41N3O4S/c1-7-8-15-27-23(30)22(21-17(2)11-9-12-18(21)3)29(19-13-10-14-19)24(31)20(16-34)28-25(32)33-26(4,5)6/h9,11-12,19-20,22,34H,7-8,10,13-16H2,1-6H3,(H,27,30)(H,28,32). The SMILES string of the molecule is CCCCNC(=O)C(c1c(C)cccc1C)N(C(=O)C(CS)NC(=O)OC(C)(C)C)C1CCC1. The first kappa shape index (κ1) is 28.0. The molecule has 190 valence electrons. The molecule has 2 unspecified atom stereocenters. The zero-order chi connectivity index (χ0) is 25.5. The highest BCUT2D eigenvalue weighted by Gasteiger charge is 2.42. The van der Waals surface area contributed by atoms with Crippen LogP contribution in [-0.4, -0.2) is 52.8 Å². The average molecular weight is 492 g/mol. The Balaban J connectivity index is 2.45. The van der Waals surface area contributed by atoms with Gasteiger partial charge in [-0.3, -0.25) is 9.59 Å². The molecule has 7 nitrogen and oxygen atoms in total. The van der Waals surface area contributed by atoms with Crippen LogP contribution < -0.4 is 10.6 Å². The van der Waals surface area contributed by atoms with E-state index in [1.165, 1.54) is 0 Å². The van der Waals surface area contributed by atoms with E-state index in [2.05, 4.69) is 30.2 Å². The van der Waals surface area contributed by atoms with Crippen LogP contribution in [0.1, 0.15) is 82.5 Å². The fourth-order valence-corrected chi connectivity index (χ4v) is 4.39. The van der Waals surface area contributed by atoms with Gasteiger partial charge in [-0.25, -0.2) is 4.79 Å². The third kappa shape index (κ3) is 7.39. The number of nitrogens with zero attached hydrogens (tertiary/aromatic N) is 1. The molecule has 0 saturated heterocycles. The van der Waals surface area contributed by atoms with Crippen molar-refractivity contribution in [3.63, 3.8) is 0 Å². The van der Waals surface area contributed by atoms with Gasteiger partial charge >= 0.3 is 6.09 Å². The lowest BCUT2D eigenvalue weighted by atomic mass is 9.86. The van der Waals surface area contributed by atoms with Crippen molar-refractivity contribution in [3.8, 4) is 0 Å². The van der Waals surface area contributed by atoms with E-state index in [9.17, 15) is 14.4 Å². The molecule has 34 heavy (non-hydrogen) atoms. The predicted molar refractivity (Wildman–Crippen MR) is 138 cm³/mol. The van der Waals surface area contributed by atoms with Crippen LogP contribution in [0.15, 0.2) is 18.2 Å². The molecule has 2 N–H and O–H groups in total. The van der Waals surface area contributed by atoms with E-state index < -0.39 is 23.8 Å². The molecule has 3 amide bonds. The van der Waals surface area contributed by atoms with Gasteiger partial charge in [-0.2, -0.15) is 12.6 Å². The lowest BCUT2D eigenvalue weighted by Gasteiger charge is -2.44. The fraction of sp³-hybridized carbons (Fsp3) is 0.654. The normalized spacial score (nSPS) is 15.6. The molecule has 1 fully saturated rings. The summed E-state index contributed by atoms with van der Waals surface area (Å²) in [7, 11) is 0. The van der Waals surface area contributed by atoms with Gasteiger partial charge in [0.2, 0.25) is 11.8 Å². The van der Waals surface area contributed by atoms with Crippen molar-refractivity contribution in [2.24, 2.45) is 0 Å². The molecule has 0 aromatic heterocycles. The monoisotopic (exact) mass is 491 g/mol. The number of alkyl carbamates (subject to hydrolysis) is 1. The number of ether oxygens (including phenoxy) is 1. The number of nitrogens with one attached hydrogen (secondary N) is 2. The van der Waals surface area contributed by atoms with Crippen LogP contribution in [0.2, 0.25) is 0 Å². The maximum atomic E-state index is 13.9. The second-order valence-corrected chi connectivity index (χ2v) is 10.4. The van der Waals surface area contributed by atoms with E-state index in [4.69, 9.17) is 4.74 Å². The van der Waals surface area contributed by atoms with Gasteiger partial charge in [0, 0.05) is 18.3 Å². The Bertz CT molecular complexity index is 844. The van der Waals surface area contributed by atoms with Crippen LogP contribution in [0, 0.1) is 13.8 Å². The molecule has 0 aliphatic heterocycles. The summed E-state index contributed by atoms with van der Waals surface area (Å²) in [4.78, 5) is 41.6. The average Bonchev–Trinajstić information content (AvgIpc) is 2.70. The van der Waals surface area contributed by atoms with Gasteiger partial charge in [0.15, 0.2) is 0 Å². The molecule has 0 radical (unpaired) electrons. The molecule has 1 saturated carbocycles. The second kappa shape index (κ2) is 12.5. The number of thiol groups is 1. The third-order valence-electron chi connectivity index (χ3n) is 6.07. The fourth-order valence-electron chi connectivity index (χ4n) is 4.14. The Morgan fingerprint density at radius 3 is 2.26 bits per heavy atom. The number of carbonyl (C=O) groups excluding carboxylic acids is 3. The van der Waals surface area contributed by atoms with Crippen molar-refractivity contribution in [3.05, 3.63) is 34.9 Å². The van der Waals surface area contributed by atoms with Gasteiger partial charge in [-0.1, -0.05) is 31.5 Å². The maximum absolute atomic E-state index is 13.9. The van der Waals surface area contributed by atoms with Crippen molar-refractivity contribution >= 4 is 30.5 Å². The van der Waals surface area contributed by atoms with Crippen LogP contribution in [0.5, 0.6) is 0 Å². The molecule has 0 spiro atoms. The largest absolute Gasteiger partial charge is 0.444 e. The first-order chi connectivity index (χ1) is 16.0. The first-order valence-corrected chi connectivity index (χ1v) is 12.9. The minimum absolute atomic E-state index is 0.0729. The Kier molecular flexibility index (Phi) is 10.3. The molecule has 0 heterocycles. The molecule has 2 rings (SSSR count). The molecule has 1 aromatic rings. The van der Waals surface area contributed by atoms with Crippen LogP contribution in [0.3, 0.4) is 0 Å². The Labute approximate surface area is 209 Å². The van der Waals surface area contributed by atoms with Crippen molar-refractivity contribution in [2.75, 3.05) is 12.3 Å². The van der Waals surface area contributed by atoms with Crippen LogP contribution >= 0.6 is 12.6 Å². The summed E-state index contributed by atoms with van der Waals surface area (Å²) in [5.41, 5.74) is 2.06. The summed E-state index contributed by atoms with van der Waals surface area (Å²) < 4.78 is 5.36. The van der Waals surface area contributed by atoms with Crippen LogP contribution in [0.25, 0.3) is 0 Å². The summed E-state index contributed by atoms with van der Waals surface area (Å²) in [6.07, 6.45) is 3.78. The van der Waals surface area contributed by atoms with Crippen molar-refractivity contribution < 1.29 is 19.1 Å². The number of aryl methyl sites for hydroxylation is 2. The highest BCUT2D eigenvalue weighted by molar-refractivity contribution is 7.80. The van der Waals surface area contributed by atoms with E-state index in [0.29, 0.717) is 6.54 Å². The highest BCUT2D eigenvalue weighted by atomic mass is 32.1. The molecule has 8 heteroatoms. The summed E-state index contributed by atoms with van der Waals surface area (Å²) in [5, 5.41) is 5.71. The molecular formula is C26H41N3O4S. The van der Waals surface area contributed by atoms with Crippen molar-refractivity contribution in [1.29, 1.82) is 0 Å². The molecule has 1 aliphatic carbocycles. The maximum Gasteiger partial charge on any atom is 0.408 e. The van der Waals surface area contributed by atoms with Crippen molar-refractivity contribution in [2.45, 2.75) is 97.4 Å². The number of hydrogen-bond acceptors (Lipinski definition) is 5. The molecule has 1 aromatic carbocycles. The van der Waals surface area contributed by atoms with Gasteiger partial charge in [0.1, 0.15) is 17.7 Å². The second-order valence-electron chi connectivity index (χ2n) is 10.1. The summed E-state index contributed by atoms with van der Waals surface area (Å²) >= 11 is 4.35. The van der Waals surface area contributed by atoms with E-state index in [-0.39, 0.29) is 23.6 Å². The van der Waals surface area contributed by atoms with Crippen LogP contribution in [-0.2, 0) is 14.3 Å². The summed E-state index contributed by atoms with van der Waals surface area (Å²) in [6, 6.07) is 4.13. The van der Waals surface area contributed by atoms with E-state index in [1.807, 2.05) is 32.0 Å². The van der Waals surface area contributed by atoms with E-state index in [1.54, 1.807) is 25.7 Å².